The van der Waals surface area contributed by atoms with Gasteiger partial charge in [0.1, 0.15) is 0 Å². The molecule has 0 aliphatic heterocycles. The molecule has 0 aromatic heterocycles. The quantitative estimate of drug-likeness (QED) is 0.407. The highest BCUT2D eigenvalue weighted by atomic mass is 16.5. The molecule has 1 atom stereocenters. The van der Waals surface area contributed by atoms with Crippen LogP contribution in [0.3, 0.4) is 0 Å². The monoisotopic (exact) mass is 286 g/mol. The van der Waals surface area contributed by atoms with Gasteiger partial charge in [0.2, 0.25) is 0 Å². The van der Waals surface area contributed by atoms with Gasteiger partial charge in [0, 0.05) is 6.42 Å². The molecule has 118 valence electrons. The number of unbranched alkanes of at least 4 members (excludes halogenated alkanes) is 6. The molecule has 0 aromatic rings. The number of carboxylic acids is 1. The first-order chi connectivity index (χ1) is 9.61. The number of esters is 1. The van der Waals surface area contributed by atoms with Crippen LogP contribution in [0.15, 0.2) is 0 Å². The first kappa shape index (κ1) is 18.9. The van der Waals surface area contributed by atoms with E-state index in [1.807, 2.05) is 0 Å². The number of carbonyl (C=O) groups excluding carboxylic acids is 1. The summed E-state index contributed by atoms with van der Waals surface area (Å²) < 4.78 is 4.79. The molecule has 20 heavy (non-hydrogen) atoms. The van der Waals surface area contributed by atoms with E-state index in [1.54, 1.807) is 0 Å². The maximum Gasteiger partial charge on any atom is 0.308 e. The molecule has 0 amide bonds. The van der Waals surface area contributed by atoms with Crippen LogP contribution in [-0.2, 0) is 14.3 Å². The molecule has 0 aliphatic rings. The zero-order valence-electron chi connectivity index (χ0n) is 13.0. The average molecular weight is 286 g/mol. The summed E-state index contributed by atoms with van der Waals surface area (Å²) >= 11 is 0. The van der Waals surface area contributed by atoms with Crippen LogP contribution >= 0.6 is 0 Å². The number of rotatable bonds is 13. The Hall–Kier alpha value is -1.06. The molecular weight excluding hydrogens is 256 g/mol. The molecule has 0 saturated heterocycles. The second kappa shape index (κ2) is 12.9. The molecule has 0 radical (unpaired) electrons. The number of aliphatic carboxylic acids is 1. The first-order valence-electron chi connectivity index (χ1n) is 7.91. The van der Waals surface area contributed by atoms with Crippen molar-refractivity contribution in [2.45, 2.75) is 77.6 Å². The summed E-state index contributed by atoms with van der Waals surface area (Å²) in [4.78, 5) is 22.1. The van der Waals surface area contributed by atoms with Gasteiger partial charge in [0.05, 0.1) is 13.0 Å². The summed E-state index contributed by atoms with van der Waals surface area (Å²) in [7, 11) is 1.40. The van der Waals surface area contributed by atoms with E-state index in [2.05, 4.69) is 6.92 Å². The fourth-order valence-electron chi connectivity index (χ4n) is 2.39. The zero-order valence-corrected chi connectivity index (χ0v) is 13.0. The van der Waals surface area contributed by atoms with Crippen molar-refractivity contribution in [1.29, 1.82) is 0 Å². The molecular formula is C16H30O4. The van der Waals surface area contributed by atoms with Crippen molar-refractivity contribution < 1.29 is 19.4 Å². The highest BCUT2D eigenvalue weighted by Crippen LogP contribution is 2.19. The van der Waals surface area contributed by atoms with E-state index in [0.717, 1.165) is 19.3 Å². The van der Waals surface area contributed by atoms with Gasteiger partial charge in [-0.1, -0.05) is 51.9 Å². The van der Waals surface area contributed by atoms with Crippen molar-refractivity contribution in [2.24, 2.45) is 5.92 Å². The number of carbonyl (C=O) groups is 2. The topological polar surface area (TPSA) is 63.6 Å². The lowest BCUT2D eigenvalue weighted by Gasteiger charge is -2.13. The van der Waals surface area contributed by atoms with Crippen LogP contribution in [0.5, 0.6) is 0 Å². The minimum absolute atomic E-state index is 0.129. The van der Waals surface area contributed by atoms with Crippen molar-refractivity contribution >= 4 is 11.9 Å². The van der Waals surface area contributed by atoms with Crippen molar-refractivity contribution in [1.82, 2.24) is 0 Å². The summed E-state index contributed by atoms with van der Waals surface area (Å²) in [5.41, 5.74) is 0. The number of hydrogen-bond acceptors (Lipinski definition) is 3. The second-order valence-electron chi connectivity index (χ2n) is 5.42. The SMILES string of the molecule is CCCCCCCCCC(CCCC(=O)O)C(=O)OC. The maximum absolute atomic E-state index is 11.6. The Bertz CT molecular complexity index is 263. The molecule has 0 bridgehead atoms. The largest absolute Gasteiger partial charge is 0.481 e. The van der Waals surface area contributed by atoms with Crippen LogP contribution < -0.4 is 0 Å². The average Bonchev–Trinajstić information content (AvgIpc) is 2.43. The van der Waals surface area contributed by atoms with Crippen molar-refractivity contribution in [3.05, 3.63) is 0 Å². The lowest BCUT2D eigenvalue weighted by atomic mass is 9.95. The van der Waals surface area contributed by atoms with Crippen molar-refractivity contribution in [3.63, 3.8) is 0 Å². The first-order valence-corrected chi connectivity index (χ1v) is 7.91. The molecule has 4 heteroatoms. The Morgan fingerprint density at radius 1 is 0.950 bits per heavy atom. The second-order valence-corrected chi connectivity index (χ2v) is 5.42. The van der Waals surface area contributed by atoms with Crippen LogP contribution in [0.25, 0.3) is 0 Å². The Kier molecular flexibility index (Phi) is 12.3. The van der Waals surface area contributed by atoms with Gasteiger partial charge in [-0.05, 0) is 19.3 Å². The van der Waals surface area contributed by atoms with Gasteiger partial charge >= 0.3 is 11.9 Å². The van der Waals surface area contributed by atoms with Gasteiger partial charge in [0.25, 0.3) is 0 Å². The Balaban J connectivity index is 3.75. The van der Waals surface area contributed by atoms with Crippen molar-refractivity contribution in [3.8, 4) is 0 Å². The smallest absolute Gasteiger partial charge is 0.308 e. The normalized spacial score (nSPS) is 12.1. The fourth-order valence-corrected chi connectivity index (χ4v) is 2.39. The van der Waals surface area contributed by atoms with E-state index in [1.165, 1.54) is 39.2 Å². The maximum atomic E-state index is 11.6. The summed E-state index contributed by atoms with van der Waals surface area (Å²) in [5, 5.41) is 8.62. The van der Waals surface area contributed by atoms with Crippen LogP contribution in [-0.4, -0.2) is 24.2 Å². The van der Waals surface area contributed by atoms with Gasteiger partial charge in [-0.25, -0.2) is 0 Å². The fraction of sp³-hybridized carbons (Fsp3) is 0.875. The standard InChI is InChI=1S/C16H30O4/c1-3-4-5-6-7-8-9-11-14(16(19)20-2)12-10-13-15(17)18/h14H,3-13H2,1-2H3,(H,17,18). The molecule has 0 spiro atoms. The third kappa shape index (κ3) is 10.8. The van der Waals surface area contributed by atoms with E-state index in [-0.39, 0.29) is 18.3 Å². The summed E-state index contributed by atoms with van der Waals surface area (Å²) in [5.74, 6) is -1.12. The van der Waals surface area contributed by atoms with Gasteiger partial charge in [0.15, 0.2) is 0 Å². The highest BCUT2D eigenvalue weighted by Gasteiger charge is 2.18. The molecule has 0 aliphatic carbocycles. The van der Waals surface area contributed by atoms with Crippen LogP contribution in [0.4, 0.5) is 0 Å². The van der Waals surface area contributed by atoms with Crippen LogP contribution in [0.1, 0.15) is 77.6 Å². The van der Waals surface area contributed by atoms with Gasteiger partial charge < -0.3 is 9.84 Å². The third-order valence-corrected chi connectivity index (χ3v) is 3.63. The summed E-state index contributed by atoms with van der Waals surface area (Å²) in [6, 6.07) is 0. The molecule has 0 aromatic carbocycles. The van der Waals surface area contributed by atoms with E-state index in [0.29, 0.717) is 12.8 Å². The lowest BCUT2D eigenvalue weighted by molar-refractivity contribution is -0.146. The van der Waals surface area contributed by atoms with Crippen molar-refractivity contribution in [2.75, 3.05) is 7.11 Å². The van der Waals surface area contributed by atoms with Crippen LogP contribution in [0.2, 0.25) is 0 Å². The molecule has 1 N–H and O–H groups in total. The van der Waals surface area contributed by atoms with Crippen LogP contribution in [0, 0.1) is 5.92 Å². The minimum Gasteiger partial charge on any atom is -0.481 e. The summed E-state index contributed by atoms with van der Waals surface area (Å²) in [6.45, 7) is 2.21. The number of ether oxygens (including phenoxy) is 1. The third-order valence-electron chi connectivity index (χ3n) is 3.63. The summed E-state index contributed by atoms with van der Waals surface area (Å²) in [6.07, 6.45) is 10.7. The Labute approximate surface area is 122 Å². The predicted molar refractivity (Wildman–Crippen MR) is 79.6 cm³/mol. The molecule has 0 saturated carbocycles. The van der Waals surface area contributed by atoms with E-state index >= 15 is 0 Å². The Morgan fingerprint density at radius 3 is 2.05 bits per heavy atom. The zero-order chi connectivity index (χ0) is 15.2. The van der Waals surface area contributed by atoms with Gasteiger partial charge in [-0.2, -0.15) is 0 Å². The van der Waals surface area contributed by atoms with Gasteiger partial charge in [-0.3, -0.25) is 9.59 Å². The van der Waals surface area contributed by atoms with E-state index in [9.17, 15) is 9.59 Å². The molecule has 0 rings (SSSR count). The molecule has 1 unspecified atom stereocenters. The van der Waals surface area contributed by atoms with E-state index < -0.39 is 5.97 Å². The molecule has 0 fully saturated rings. The molecule has 0 heterocycles. The number of hydrogen-bond donors (Lipinski definition) is 1. The minimum atomic E-state index is -0.801. The number of carboxylic acid groups (broad SMARTS) is 1. The Morgan fingerprint density at radius 2 is 1.50 bits per heavy atom. The van der Waals surface area contributed by atoms with Gasteiger partial charge in [-0.15, -0.1) is 0 Å². The predicted octanol–water partition coefficient (Wildman–Crippen LogP) is 4.17. The lowest BCUT2D eigenvalue weighted by Crippen LogP contribution is -2.16. The number of methoxy groups -OCH3 is 1. The van der Waals surface area contributed by atoms with E-state index in [4.69, 9.17) is 9.84 Å². The molecule has 4 nitrogen and oxygen atoms in total. The highest BCUT2D eigenvalue weighted by molar-refractivity contribution is 5.72.